The number of hydrogen-bond donors (Lipinski definition) is 2. The van der Waals surface area contributed by atoms with E-state index in [1.54, 1.807) is 18.3 Å². The lowest BCUT2D eigenvalue weighted by atomic mass is 10.2. The van der Waals surface area contributed by atoms with Crippen molar-refractivity contribution in [1.82, 2.24) is 15.3 Å². The molecule has 0 aliphatic heterocycles. The second-order valence-corrected chi connectivity index (χ2v) is 5.04. The second kappa shape index (κ2) is 7.04. The number of anilines is 2. The molecule has 0 unspecified atom stereocenters. The Kier molecular flexibility index (Phi) is 5.11. The molecule has 0 spiro atoms. The minimum atomic E-state index is -0.204. The fourth-order valence-electron chi connectivity index (χ4n) is 1.72. The van der Waals surface area contributed by atoms with Crippen LogP contribution in [0.5, 0.6) is 0 Å². The van der Waals surface area contributed by atoms with Crippen LogP contribution < -0.4 is 10.6 Å². The maximum atomic E-state index is 11.9. The van der Waals surface area contributed by atoms with E-state index in [1.807, 2.05) is 26.0 Å². The number of amides is 1. The largest absolute Gasteiger partial charge is 0.351 e. The molecule has 2 rings (SSSR count). The van der Waals surface area contributed by atoms with Gasteiger partial charge in [0.1, 0.15) is 5.69 Å². The van der Waals surface area contributed by atoms with Gasteiger partial charge in [0.2, 0.25) is 5.95 Å². The molecule has 1 heterocycles. The van der Waals surface area contributed by atoms with Crippen molar-refractivity contribution < 1.29 is 4.79 Å². The van der Waals surface area contributed by atoms with E-state index in [9.17, 15) is 4.79 Å². The van der Waals surface area contributed by atoms with Crippen molar-refractivity contribution in [2.24, 2.45) is 0 Å². The number of rotatable bonds is 5. The number of benzene rings is 1. The standard InChI is InChI=1S/C15H17ClN4O/c1-3-7-17-14(21)12-6-8-18-15(19-12)20-13-9-11(16)5-4-10(13)2/h4-6,8-9H,3,7H2,1-2H3,(H,17,21)(H,18,19,20). The van der Waals surface area contributed by atoms with E-state index in [0.29, 0.717) is 23.2 Å². The third-order valence-corrected chi connectivity index (χ3v) is 3.10. The fourth-order valence-corrected chi connectivity index (χ4v) is 1.90. The summed E-state index contributed by atoms with van der Waals surface area (Å²) in [6.07, 6.45) is 2.43. The highest BCUT2D eigenvalue weighted by Gasteiger charge is 2.09. The Balaban J connectivity index is 2.17. The monoisotopic (exact) mass is 304 g/mol. The van der Waals surface area contributed by atoms with E-state index in [2.05, 4.69) is 20.6 Å². The smallest absolute Gasteiger partial charge is 0.270 e. The molecule has 5 nitrogen and oxygen atoms in total. The van der Waals surface area contributed by atoms with Crippen LogP contribution in [0.15, 0.2) is 30.5 Å². The Hall–Kier alpha value is -2.14. The van der Waals surface area contributed by atoms with Gasteiger partial charge in [-0.3, -0.25) is 4.79 Å². The van der Waals surface area contributed by atoms with Crippen molar-refractivity contribution in [2.75, 3.05) is 11.9 Å². The number of nitrogens with zero attached hydrogens (tertiary/aromatic N) is 2. The summed E-state index contributed by atoms with van der Waals surface area (Å²) < 4.78 is 0. The number of nitrogens with one attached hydrogen (secondary N) is 2. The van der Waals surface area contributed by atoms with Gasteiger partial charge in [0.25, 0.3) is 5.91 Å². The Labute approximate surface area is 128 Å². The summed E-state index contributed by atoms with van der Waals surface area (Å²) in [7, 11) is 0. The highest BCUT2D eigenvalue weighted by Crippen LogP contribution is 2.22. The highest BCUT2D eigenvalue weighted by molar-refractivity contribution is 6.30. The molecule has 0 bridgehead atoms. The van der Waals surface area contributed by atoms with Gasteiger partial charge in [-0.05, 0) is 37.1 Å². The van der Waals surface area contributed by atoms with Gasteiger partial charge < -0.3 is 10.6 Å². The first-order valence-electron chi connectivity index (χ1n) is 6.74. The first-order valence-corrected chi connectivity index (χ1v) is 7.12. The van der Waals surface area contributed by atoms with Crippen LogP contribution >= 0.6 is 11.6 Å². The van der Waals surface area contributed by atoms with E-state index < -0.39 is 0 Å². The molecule has 2 aromatic rings. The third-order valence-electron chi connectivity index (χ3n) is 2.87. The molecular formula is C15H17ClN4O. The van der Waals surface area contributed by atoms with Gasteiger partial charge in [0, 0.05) is 23.5 Å². The average molecular weight is 305 g/mol. The van der Waals surface area contributed by atoms with Crippen molar-refractivity contribution in [3.63, 3.8) is 0 Å². The Morgan fingerprint density at radius 1 is 1.33 bits per heavy atom. The predicted octanol–water partition coefficient (Wildman–Crippen LogP) is 3.32. The van der Waals surface area contributed by atoms with Crippen LogP contribution in [0.2, 0.25) is 5.02 Å². The lowest BCUT2D eigenvalue weighted by Crippen LogP contribution is -2.25. The molecule has 0 aliphatic carbocycles. The quantitative estimate of drug-likeness (QED) is 0.889. The van der Waals surface area contributed by atoms with E-state index in [1.165, 1.54) is 0 Å². The van der Waals surface area contributed by atoms with Crippen LogP contribution in [0.1, 0.15) is 29.4 Å². The maximum Gasteiger partial charge on any atom is 0.270 e. The predicted molar refractivity (Wildman–Crippen MR) is 84.1 cm³/mol. The molecule has 0 radical (unpaired) electrons. The summed E-state index contributed by atoms with van der Waals surface area (Å²) in [6.45, 7) is 4.57. The minimum Gasteiger partial charge on any atom is -0.351 e. The van der Waals surface area contributed by atoms with E-state index >= 15 is 0 Å². The van der Waals surface area contributed by atoms with Gasteiger partial charge in [0.15, 0.2) is 0 Å². The molecule has 0 atom stereocenters. The summed E-state index contributed by atoms with van der Waals surface area (Å²) in [4.78, 5) is 20.2. The lowest BCUT2D eigenvalue weighted by molar-refractivity contribution is 0.0948. The highest BCUT2D eigenvalue weighted by atomic mass is 35.5. The zero-order valence-electron chi connectivity index (χ0n) is 12.0. The van der Waals surface area contributed by atoms with Gasteiger partial charge in [-0.25, -0.2) is 9.97 Å². The summed E-state index contributed by atoms with van der Waals surface area (Å²) in [5.74, 6) is 0.162. The van der Waals surface area contributed by atoms with E-state index in [4.69, 9.17) is 11.6 Å². The van der Waals surface area contributed by atoms with Gasteiger partial charge in [-0.15, -0.1) is 0 Å². The third kappa shape index (κ3) is 4.16. The van der Waals surface area contributed by atoms with Crippen molar-refractivity contribution in [2.45, 2.75) is 20.3 Å². The fraction of sp³-hybridized carbons (Fsp3) is 0.267. The van der Waals surface area contributed by atoms with Crippen LogP contribution in [-0.4, -0.2) is 22.4 Å². The zero-order valence-corrected chi connectivity index (χ0v) is 12.7. The Morgan fingerprint density at radius 2 is 2.14 bits per heavy atom. The van der Waals surface area contributed by atoms with Crippen LogP contribution in [0, 0.1) is 6.92 Å². The second-order valence-electron chi connectivity index (χ2n) is 4.61. The van der Waals surface area contributed by atoms with Crippen LogP contribution in [0.25, 0.3) is 0 Å². The lowest BCUT2D eigenvalue weighted by Gasteiger charge is -2.09. The normalized spacial score (nSPS) is 10.2. The topological polar surface area (TPSA) is 66.9 Å². The number of aromatic nitrogens is 2. The molecule has 1 aromatic carbocycles. The van der Waals surface area contributed by atoms with Gasteiger partial charge in [-0.2, -0.15) is 0 Å². The van der Waals surface area contributed by atoms with Crippen LogP contribution in [0.3, 0.4) is 0 Å². The molecule has 1 amide bonds. The molecule has 1 aromatic heterocycles. The molecular weight excluding hydrogens is 288 g/mol. The number of carbonyl (C=O) groups excluding carboxylic acids is 1. The number of halogens is 1. The van der Waals surface area contributed by atoms with E-state index in [0.717, 1.165) is 17.7 Å². The summed E-state index contributed by atoms with van der Waals surface area (Å²) in [5, 5.41) is 6.48. The molecule has 0 fully saturated rings. The molecule has 110 valence electrons. The molecule has 6 heteroatoms. The van der Waals surface area contributed by atoms with Crippen LogP contribution in [0.4, 0.5) is 11.6 Å². The summed E-state index contributed by atoms with van der Waals surface area (Å²) in [6, 6.07) is 7.10. The Bertz CT molecular complexity index is 645. The van der Waals surface area contributed by atoms with Gasteiger partial charge in [-0.1, -0.05) is 24.6 Å². The number of carbonyl (C=O) groups is 1. The molecule has 0 saturated carbocycles. The minimum absolute atomic E-state index is 0.204. The molecule has 2 N–H and O–H groups in total. The first-order chi connectivity index (χ1) is 10.1. The van der Waals surface area contributed by atoms with Crippen molar-refractivity contribution in [3.8, 4) is 0 Å². The number of aryl methyl sites for hydroxylation is 1. The maximum absolute atomic E-state index is 11.9. The van der Waals surface area contributed by atoms with Gasteiger partial charge >= 0.3 is 0 Å². The van der Waals surface area contributed by atoms with E-state index in [-0.39, 0.29) is 5.91 Å². The SMILES string of the molecule is CCCNC(=O)c1ccnc(Nc2cc(Cl)ccc2C)n1. The zero-order chi connectivity index (χ0) is 15.2. The average Bonchev–Trinajstić information content (AvgIpc) is 2.49. The van der Waals surface area contributed by atoms with Gasteiger partial charge in [0.05, 0.1) is 0 Å². The van der Waals surface area contributed by atoms with Crippen molar-refractivity contribution in [1.29, 1.82) is 0 Å². The summed E-state index contributed by atoms with van der Waals surface area (Å²) in [5.41, 5.74) is 2.16. The van der Waals surface area contributed by atoms with Crippen molar-refractivity contribution >= 4 is 29.1 Å². The molecule has 21 heavy (non-hydrogen) atoms. The van der Waals surface area contributed by atoms with Crippen molar-refractivity contribution in [3.05, 3.63) is 46.7 Å². The summed E-state index contributed by atoms with van der Waals surface area (Å²) >= 11 is 5.98. The molecule has 0 aliphatic rings. The van der Waals surface area contributed by atoms with Crippen LogP contribution in [-0.2, 0) is 0 Å². The molecule has 0 saturated heterocycles. The Morgan fingerprint density at radius 3 is 2.90 bits per heavy atom. The number of hydrogen-bond acceptors (Lipinski definition) is 4. The first kappa shape index (κ1) is 15.3.